The van der Waals surface area contributed by atoms with Crippen molar-refractivity contribution in [1.29, 1.82) is 0 Å². The van der Waals surface area contributed by atoms with Crippen LogP contribution in [0.15, 0.2) is 0 Å². The lowest BCUT2D eigenvalue weighted by Gasteiger charge is -2.09. The number of nitrogens with zero attached hydrogens (tertiary/aromatic N) is 1. The Morgan fingerprint density at radius 1 is 1.25 bits per heavy atom. The van der Waals surface area contributed by atoms with Gasteiger partial charge in [-0.15, -0.1) is 0 Å². The molecule has 0 radical (unpaired) electrons. The van der Waals surface area contributed by atoms with E-state index in [-0.39, 0.29) is 5.91 Å². The van der Waals surface area contributed by atoms with Gasteiger partial charge in [0.2, 0.25) is 5.91 Å². The summed E-state index contributed by atoms with van der Waals surface area (Å²) >= 11 is 0. The molecule has 0 aromatic rings. The van der Waals surface area contributed by atoms with Crippen LogP contribution in [-0.2, 0) is 9.53 Å². The van der Waals surface area contributed by atoms with Crippen molar-refractivity contribution in [3.8, 4) is 0 Å². The first-order valence-electron chi connectivity index (χ1n) is 4.37. The van der Waals surface area contributed by atoms with Crippen LogP contribution < -0.4 is 0 Å². The van der Waals surface area contributed by atoms with Crippen LogP contribution in [0.2, 0.25) is 0 Å². The summed E-state index contributed by atoms with van der Waals surface area (Å²) < 4.78 is 4.90. The van der Waals surface area contributed by atoms with Gasteiger partial charge in [-0.3, -0.25) is 4.79 Å². The van der Waals surface area contributed by atoms with E-state index in [1.165, 1.54) is 0 Å². The predicted molar refractivity (Wildman–Crippen MR) is 49.0 cm³/mol. The van der Waals surface area contributed by atoms with Gasteiger partial charge in [0.25, 0.3) is 0 Å². The van der Waals surface area contributed by atoms with Gasteiger partial charge in [-0.25, -0.2) is 0 Å². The molecule has 0 N–H and O–H groups in total. The highest BCUT2D eigenvalue weighted by atomic mass is 16.5. The van der Waals surface area contributed by atoms with Crippen molar-refractivity contribution in [2.75, 3.05) is 27.8 Å². The molecule has 0 rings (SSSR count). The van der Waals surface area contributed by atoms with Crippen LogP contribution in [0.25, 0.3) is 0 Å². The van der Waals surface area contributed by atoms with E-state index in [0.717, 1.165) is 25.9 Å². The summed E-state index contributed by atoms with van der Waals surface area (Å²) in [6.45, 7) is 0.802. The number of methoxy groups -OCH3 is 1. The van der Waals surface area contributed by atoms with Crippen LogP contribution in [-0.4, -0.2) is 38.6 Å². The normalized spacial score (nSPS) is 9.92. The third-order valence-electron chi connectivity index (χ3n) is 1.74. The van der Waals surface area contributed by atoms with E-state index in [0.29, 0.717) is 6.42 Å². The SMILES string of the molecule is COCCCCCC(=O)N(C)C. The van der Waals surface area contributed by atoms with Gasteiger partial charge in [0.05, 0.1) is 0 Å². The van der Waals surface area contributed by atoms with Crippen LogP contribution in [0.5, 0.6) is 0 Å². The molecule has 0 bridgehead atoms. The molecular weight excluding hydrogens is 154 g/mol. The van der Waals surface area contributed by atoms with Crippen LogP contribution in [0, 0.1) is 0 Å². The van der Waals surface area contributed by atoms with Crippen molar-refractivity contribution in [2.24, 2.45) is 0 Å². The fourth-order valence-corrected chi connectivity index (χ4v) is 0.923. The summed E-state index contributed by atoms with van der Waals surface area (Å²) in [5.74, 6) is 0.215. The van der Waals surface area contributed by atoms with E-state index in [1.54, 1.807) is 26.1 Å². The number of amides is 1. The molecule has 0 aromatic heterocycles. The Labute approximate surface area is 74.7 Å². The van der Waals surface area contributed by atoms with Gasteiger partial charge in [0.15, 0.2) is 0 Å². The second kappa shape index (κ2) is 7.10. The maximum Gasteiger partial charge on any atom is 0.222 e. The Balaban J connectivity index is 3.14. The Morgan fingerprint density at radius 3 is 2.42 bits per heavy atom. The average molecular weight is 173 g/mol. The fraction of sp³-hybridized carbons (Fsp3) is 0.889. The first-order chi connectivity index (χ1) is 5.68. The fourth-order valence-electron chi connectivity index (χ4n) is 0.923. The lowest BCUT2D eigenvalue weighted by atomic mass is 10.2. The van der Waals surface area contributed by atoms with E-state index in [2.05, 4.69) is 0 Å². The van der Waals surface area contributed by atoms with E-state index in [1.807, 2.05) is 0 Å². The van der Waals surface area contributed by atoms with Gasteiger partial charge in [-0.05, 0) is 12.8 Å². The maximum atomic E-state index is 11.1. The van der Waals surface area contributed by atoms with Crippen molar-refractivity contribution < 1.29 is 9.53 Å². The number of ether oxygens (including phenoxy) is 1. The molecule has 72 valence electrons. The molecule has 12 heavy (non-hydrogen) atoms. The summed E-state index contributed by atoms with van der Waals surface area (Å²) in [6.07, 6.45) is 3.77. The van der Waals surface area contributed by atoms with E-state index >= 15 is 0 Å². The molecule has 3 nitrogen and oxygen atoms in total. The highest BCUT2D eigenvalue weighted by Gasteiger charge is 2.01. The smallest absolute Gasteiger partial charge is 0.222 e. The lowest BCUT2D eigenvalue weighted by molar-refractivity contribution is -0.128. The quantitative estimate of drug-likeness (QED) is 0.566. The van der Waals surface area contributed by atoms with Crippen molar-refractivity contribution in [1.82, 2.24) is 4.90 Å². The van der Waals surface area contributed by atoms with E-state index in [4.69, 9.17) is 4.74 Å². The Hall–Kier alpha value is -0.570. The standard InChI is InChI=1S/C9H19NO2/c1-10(2)9(11)7-5-4-6-8-12-3/h4-8H2,1-3H3. The molecular formula is C9H19NO2. The lowest BCUT2D eigenvalue weighted by Crippen LogP contribution is -2.21. The Kier molecular flexibility index (Phi) is 6.76. The zero-order chi connectivity index (χ0) is 9.40. The molecule has 0 aliphatic heterocycles. The topological polar surface area (TPSA) is 29.5 Å². The summed E-state index contributed by atoms with van der Waals surface area (Å²) in [5, 5.41) is 0. The molecule has 0 saturated heterocycles. The predicted octanol–water partition coefficient (Wildman–Crippen LogP) is 1.28. The van der Waals surface area contributed by atoms with Gasteiger partial charge in [0, 0.05) is 34.2 Å². The number of carbonyl (C=O) groups excluding carboxylic acids is 1. The van der Waals surface area contributed by atoms with Crippen molar-refractivity contribution in [2.45, 2.75) is 25.7 Å². The summed E-state index contributed by atoms with van der Waals surface area (Å²) in [6, 6.07) is 0. The Morgan fingerprint density at radius 2 is 1.92 bits per heavy atom. The third kappa shape index (κ3) is 6.16. The van der Waals surface area contributed by atoms with Crippen LogP contribution in [0.4, 0.5) is 0 Å². The molecule has 0 aliphatic carbocycles. The van der Waals surface area contributed by atoms with Crippen molar-refractivity contribution in [3.05, 3.63) is 0 Å². The molecule has 0 aliphatic rings. The third-order valence-corrected chi connectivity index (χ3v) is 1.74. The minimum absolute atomic E-state index is 0.215. The van der Waals surface area contributed by atoms with Crippen molar-refractivity contribution in [3.63, 3.8) is 0 Å². The van der Waals surface area contributed by atoms with Crippen LogP contribution in [0.1, 0.15) is 25.7 Å². The summed E-state index contributed by atoms with van der Waals surface area (Å²) in [7, 11) is 5.28. The zero-order valence-corrected chi connectivity index (χ0v) is 8.30. The molecule has 0 aromatic carbocycles. The van der Waals surface area contributed by atoms with Gasteiger partial charge in [-0.2, -0.15) is 0 Å². The number of carbonyl (C=O) groups is 1. The Bertz CT molecular complexity index is 124. The monoisotopic (exact) mass is 173 g/mol. The summed E-state index contributed by atoms with van der Waals surface area (Å²) in [4.78, 5) is 12.7. The van der Waals surface area contributed by atoms with Crippen LogP contribution >= 0.6 is 0 Å². The molecule has 0 spiro atoms. The van der Waals surface area contributed by atoms with Gasteiger partial charge in [0.1, 0.15) is 0 Å². The zero-order valence-electron chi connectivity index (χ0n) is 8.30. The first-order valence-corrected chi connectivity index (χ1v) is 4.37. The number of hydrogen-bond donors (Lipinski definition) is 0. The highest BCUT2D eigenvalue weighted by molar-refractivity contribution is 5.75. The molecule has 0 fully saturated rings. The van der Waals surface area contributed by atoms with E-state index in [9.17, 15) is 4.79 Å². The summed E-state index contributed by atoms with van der Waals surface area (Å²) in [5.41, 5.74) is 0. The second-order valence-electron chi connectivity index (χ2n) is 3.09. The second-order valence-corrected chi connectivity index (χ2v) is 3.09. The van der Waals surface area contributed by atoms with Crippen LogP contribution in [0.3, 0.4) is 0 Å². The van der Waals surface area contributed by atoms with Gasteiger partial charge >= 0.3 is 0 Å². The number of unbranched alkanes of at least 4 members (excludes halogenated alkanes) is 2. The first kappa shape index (κ1) is 11.4. The minimum atomic E-state index is 0.215. The van der Waals surface area contributed by atoms with Gasteiger partial charge < -0.3 is 9.64 Å². The molecule has 0 unspecified atom stereocenters. The minimum Gasteiger partial charge on any atom is -0.385 e. The molecule has 0 saturated carbocycles. The maximum absolute atomic E-state index is 11.1. The number of hydrogen-bond acceptors (Lipinski definition) is 2. The molecule has 0 heterocycles. The average Bonchev–Trinajstić information content (AvgIpc) is 2.03. The molecule has 3 heteroatoms. The molecule has 1 amide bonds. The van der Waals surface area contributed by atoms with E-state index < -0.39 is 0 Å². The van der Waals surface area contributed by atoms with Crippen molar-refractivity contribution >= 4 is 5.91 Å². The van der Waals surface area contributed by atoms with Gasteiger partial charge in [-0.1, -0.05) is 6.42 Å². The molecule has 0 atom stereocenters. The largest absolute Gasteiger partial charge is 0.385 e. The highest BCUT2D eigenvalue weighted by Crippen LogP contribution is 2.01. The number of rotatable bonds is 6.